The number of carbonyl (C=O) groups excluding carboxylic acids is 2. The minimum absolute atomic E-state index is 0.0298. The van der Waals surface area contributed by atoms with Crippen LogP contribution in [0, 0.1) is 16.0 Å². The maximum Gasteiger partial charge on any atom is 0.293 e. The summed E-state index contributed by atoms with van der Waals surface area (Å²) >= 11 is 11.9. The van der Waals surface area contributed by atoms with Crippen molar-refractivity contribution < 1.29 is 19.2 Å². The summed E-state index contributed by atoms with van der Waals surface area (Å²) < 4.78 is 4.94. The number of halogens is 2. The van der Waals surface area contributed by atoms with Crippen LogP contribution in [0.3, 0.4) is 0 Å². The zero-order valence-electron chi connectivity index (χ0n) is 17.5. The molecule has 1 amide bonds. The van der Waals surface area contributed by atoms with E-state index in [0.717, 1.165) is 0 Å². The van der Waals surface area contributed by atoms with Crippen molar-refractivity contribution in [1.29, 1.82) is 0 Å². The highest BCUT2D eigenvalue weighted by Gasteiger charge is 2.29. The number of hydrogen-bond donors (Lipinski definition) is 1. The number of ketones is 1. The van der Waals surface area contributed by atoms with Gasteiger partial charge in [-0.1, -0.05) is 23.2 Å². The number of amides is 1. The van der Waals surface area contributed by atoms with Crippen molar-refractivity contribution in [2.24, 2.45) is 5.92 Å². The summed E-state index contributed by atoms with van der Waals surface area (Å²) in [4.78, 5) is 38.3. The van der Waals surface area contributed by atoms with Crippen molar-refractivity contribution in [3.63, 3.8) is 0 Å². The van der Waals surface area contributed by atoms with Crippen LogP contribution in [0.25, 0.3) is 0 Å². The number of nitrogens with zero attached hydrogens (tertiary/aromatic N) is 2. The maximum atomic E-state index is 12.9. The van der Waals surface area contributed by atoms with Gasteiger partial charge < -0.3 is 15.0 Å². The molecule has 0 aliphatic carbocycles. The highest BCUT2D eigenvalue weighted by molar-refractivity contribution is 6.42. The Morgan fingerprint density at radius 2 is 1.81 bits per heavy atom. The molecule has 2 aromatic rings. The number of hydrogen-bond acceptors (Lipinski definition) is 6. The van der Waals surface area contributed by atoms with E-state index < -0.39 is 4.92 Å². The lowest BCUT2D eigenvalue weighted by Gasteiger charge is -2.31. The largest absolute Gasteiger partial charge is 0.383 e. The molecule has 1 aliphatic rings. The minimum Gasteiger partial charge on any atom is -0.383 e. The lowest BCUT2D eigenvalue weighted by molar-refractivity contribution is -0.384. The van der Waals surface area contributed by atoms with E-state index in [1.807, 2.05) is 0 Å². The minimum atomic E-state index is -0.520. The first-order valence-electron chi connectivity index (χ1n) is 10.1. The van der Waals surface area contributed by atoms with Crippen LogP contribution >= 0.6 is 23.2 Å². The summed E-state index contributed by atoms with van der Waals surface area (Å²) in [7, 11) is 1.54. The molecule has 0 spiro atoms. The number of piperidine rings is 1. The van der Waals surface area contributed by atoms with Gasteiger partial charge in [-0.15, -0.1) is 0 Å². The number of ether oxygens (including phenoxy) is 1. The van der Waals surface area contributed by atoms with E-state index in [-0.39, 0.29) is 28.9 Å². The van der Waals surface area contributed by atoms with Crippen LogP contribution in [0.15, 0.2) is 36.4 Å². The molecule has 170 valence electrons. The summed E-state index contributed by atoms with van der Waals surface area (Å²) in [5.41, 5.74) is 0.894. The molecule has 1 fully saturated rings. The predicted octanol–water partition coefficient (Wildman–Crippen LogP) is 4.70. The number of likely N-dealkylation sites (tertiary alicyclic amines) is 1. The monoisotopic (exact) mass is 479 g/mol. The SMILES string of the molecule is COCCNc1ccc(C(=O)N2CCC(C(=O)c3ccc(Cl)c(Cl)c3)CC2)cc1[N+](=O)[O-]. The topological polar surface area (TPSA) is 102 Å². The standard InChI is InChI=1S/C22H23Cl2N3O5/c1-32-11-8-25-19-5-3-16(13-20(19)27(30)31)22(29)26-9-6-14(7-10-26)21(28)15-2-4-17(23)18(24)12-15/h2-5,12-14,25H,6-11H2,1H3. The molecule has 0 saturated carbocycles. The number of benzene rings is 2. The second-order valence-electron chi connectivity index (χ2n) is 7.47. The average molecular weight is 480 g/mol. The fourth-order valence-electron chi connectivity index (χ4n) is 3.67. The van der Waals surface area contributed by atoms with Gasteiger partial charge in [0.15, 0.2) is 5.78 Å². The lowest BCUT2D eigenvalue weighted by atomic mass is 9.88. The van der Waals surface area contributed by atoms with E-state index >= 15 is 0 Å². The molecular weight excluding hydrogens is 457 g/mol. The molecule has 0 unspecified atom stereocenters. The molecule has 8 nitrogen and oxygen atoms in total. The van der Waals surface area contributed by atoms with E-state index in [1.54, 1.807) is 36.3 Å². The molecule has 0 aromatic heterocycles. The fourth-order valence-corrected chi connectivity index (χ4v) is 3.96. The van der Waals surface area contributed by atoms with E-state index in [0.29, 0.717) is 60.4 Å². The Labute approximate surface area is 195 Å². The normalized spacial score (nSPS) is 14.3. The van der Waals surface area contributed by atoms with E-state index in [2.05, 4.69) is 5.32 Å². The Balaban J connectivity index is 1.65. The second-order valence-corrected chi connectivity index (χ2v) is 8.28. The van der Waals surface area contributed by atoms with Gasteiger partial charge in [-0.25, -0.2) is 0 Å². The number of methoxy groups -OCH3 is 1. The predicted molar refractivity (Wildman–Crippen MR) is 123 cm³/mol. The number of nitrogens with one attached hydrogen (secondary N) is 1. The third-order valence-electron chi connectivity index (χ3n) is 5.42. The van der Waals surface area contributed by atoms with Gasteiger partial charge in [0.2, 0.25) is 0 Å². The molecule has 1 saturated heterocycles. The first-order valence-corrected chi connectivity index (χ1v) is 10.9. The Morgan fingerprint density at radius 3 is 2.44 bits per heavy atom. The van der Waals surface area contributed by atoms with E-state index in [4.69, 9.17) is 27.9 Å². The van der Waals surface area contributed by atoms with E-state index in [1.165, 1.54) is 12.1 Å². The van der Waals surface area contributed by atoms with E-state index in [9.17, 15) is 19.7 Å². The maximum absolute atomic E-state index is 12.9. The van der Waals surface area contributed by atoms with Gasteiger partial charge in [0.05, 0.1) is 21.6 Å². The zero-order valence-corrected chi connectivity index (χ0v) is 19.0. The first kappa shape index (κ1) is 24.0. The number of anilines is 1. The molecule has 1 N–H and O–H groups in total. The van der Waals surface area contributed by atoms with Crippen molar-refractivity contribution in [3.05, 3.63) is 67.7 Å². The Kier molecular flexibility index (Phi) is 8.06. The highest BCUT2D eigenvalue weighted by atomic mass is 35.5. The van der Waals surface area contributed by atoms with Crippen LogP contribution in [0.1, 0.15) is 33.6 Å². The van der Waals surface area contributed by atoms with Crippen molar-refractivity contribution in [3.8, 4) is 0 Å². The Morgan fingerprint density at radius 1 is 1.12 bits per heavy atom. The van der Waals surface area contributed by atoms with Gasteiger partial charge in [0.25, 0.3) is 11.6 Å². The summed E-state index contributed by atoms with van der Waals surface area (Å²) in [5, 5.41) is 15.1. The van der Waals surface area contributed by atoms with Gasteiger partial charge in [-0.3, -0.25) is 19.7 Å². The van der Waals surface area contributed by atoms with Gasteiger partial charge in [-0.2, -0.15) is 0 Å². The summed E-state index contributed by atoms with van der Waals surface area (Å²) in [6.45, 7) is 1.58. The first-order chi connectivity index (χ1) is 15.3. The third-order valence-corrected chi connectivity index (χ3v) is 6.16. The van der Waals surface area contributed by atoms with Crippen molar-refractivity contribution in [2.45, 2.75) is 12.8 Å². The van der Waals surface area contributed by atoms with Crippen LogP contribution in [0.5, 0.6) is 0 Å². The van der Waals surface area contributed by atoms with Gasteiger partial charge in [0, 0.05) is 49.9 Å². The lowest BCUT2D eigenvalue weighted by Crippen LogP contribution is -2.40. The highest BCUT2D eigenvalue weighted by Crippen LogP contribution is 2.29. The molecule has 32 heavy (non-hydrogen) atoms. The number of nitro groups is 1. The number of carbonyl (C=O) groups is 2. The van der Waals surface area contributed by atoms with Crippen LogP contribution < -0.4 is 5.32 Å². The van der Waals surface area contributed by atoms with Crippen LogP contribution in [-0.4, -0.2) is 54.9 Å². The fraction of sp³-hybridized carbons (Fsp3) is 0.364. The molecule has 0 bridgehead atoms. The molecule has 0 atom stereocenters. The summed E-state index contributed by atoms with van der Waals surface area (Å²) in [6, 6.07) is 9.18. The Hall–Kier alpha value is -2.68. The number of Topliss-reactive ketones (excluding diaryl/α,β-unsaturated/α-hetero) is 1. The summed E-state index contributed by atoms with van der Waals surface area (Å²) in [5.74, 6) is -0.548. The molecule has 2 aromatic carbocycles. The quantitative estimate of drug-likeness (QED) is 0.255. The number of rotatable bonds is 8. The molecular formula is C22H23Cl2N3O5. The van der Waals surface area contributed by atoms with Crippen LogP contribution in [0.4, 0.5) is 11.4 Å². The zero-order chi connectivity index (χ0) is 23.3. The van der Waals surface area contributed by atoms with Crippen LogP contribution in [0.2, 0.25) is 10.0 Å². The molecule has 10 heteroatoms. The smallest absolute Gasteiger partial charge is 0.293 e. The van der Waals surface area contributed by atoms with Gasteiger partial charge >= 0.3 is 0 Å². The Bertz CT molecular complexity index is 1020. The van der Waals surface area contributed by atoms with Gasteiger partial charge in [-0.05, 0) is 43.2 Å². The molecule has 1 heterocycles. The van der Waals surface area contributed by atoms with Crippen molar-refractivity contribution in [2.75, 3.05) is 38.7 Å². The molecule has 0 radical (unpaired) electrons. The molecule has 3 rings (SSSR count). The molecule has 1 aliphatic heterocycles. The second kappa shape index (κ2) is 10.8. The van der Waals surface area contributed by atoms with Crippen molar-refractivity contribution in [1.82, 2.24) is 4.90 Å². The third kappa shape index (κ3) is 5.56. The van der Waals surface area contributed by atoms with Crippen LogP contribution in [-0.2, 0) is 4.74 Å². The van der Waals surface area contributed by atoms with Crippen molar-refractivity contribution >= 4 is 46.3 Å². The van der Waals surface area contributed by atoms with Gasteiger partial charge in [0.1, 0.15) is 5.69 Å². The number of nitro benzene ring substituents is 1. The average Bonchev–Trinajstić information content (AvgIpc) is 2.80. The summed E-state index contributed by atoms with van der Waals surface area (Å²) in [6.07, 6.45) is 1.01.